The van der Waals surface area contributed by atoms with Crippen LogP contribution in [0.2, 0.25) is 5.02 Å². The van der Waals surface area contributed by atoms with E-state index in [0.29, 0.717) is 11.5 Å². The molecule has 1 aromatic carbocycles. The zero-order chi connectivity index (χ0) is 16.0. The van der Waals surface area contributed by atoms with Crippen molar-refractivity contribution < 1.29 is 22.7 Å². The van der Waals surface area contributed by atoms with E-state index < -0.39 is 32.3 Å². The molecule has 1 rings (SSSR count). The van der Waals surface area contributed by atoms with Gasteiger partial charge in [0.1, 0.15) is 4.90 Å². The van der Waals surface area contributed by atoms with Crippen LogP contribution in [0.5, 0.6) is 0 Å². The van der Waals surface area contributed by atoms with Crippen molar-refractivity contribution >= 4 is 39.4 Å². The summed E-state index contributed by atoms with van der Waals surface area (Å²) in [5, 5.41) is 8.66. The van der Waals surface area contributed by atoms with Crippen LogP contribution in [0.15, 0.2) is 29.7 Å². The molecule has 0 fully saturated rings. The molecule has 2 N–H and O–H groups in total. The molecule has 0 heterocycles. The fraction of sp³-hybridized carbons (Fsp3) is 0.250. The summed E-state index contributed by atoms with van der Waals surface area (Å²) in [5.41, 5.74) is -0.788. The van der Waals surface area contributed by atoms with Crippen LogP contribution in [0.25, 0.3) is 0 Å². The normalized spacial score (nSPS) is 11.3. The lowest BCUT2D eigenvalue weighted by Gasteiger charge is -2.09. The Morgan fingerprint density at radius 2 is 2.19 bits per heavy atom. The van der Waals surface area contributed by atoms with Gasteiger partial charge in [0.2, 0.25) is 10.0 Å². The molecule has 0 atom stereocenters. The smallest absolute Gasteiger partial charge is 0.338 e. The molecule has 0 saturated carbocycles. The molecule has 0 bridgehead atoms. The van der Waals surface area contributed by atoms with E-state index in [-0.39, 0.29) is 11.6 Å². The van der Waals surface area contributed by atoms with Gasteiger partial charge in [-0.3, -0.25) is 0 Å². The second-order valence-corrected chi connectivity index (χ2v) is 7.15. The van der Waals surface area contributed by atoms with Crippen LogP contribution in [-0.4, -0.2) is 37.5 Å². The molecule has 116 valence electrons. The molecule has 0 amide bonds. The number of rotatable bonds is 8. The molecule has 9 heteroatoms. The zero-order valence-electron chi connectivity index (χ0n) is 10.8. The Bertz CT molecular complexity index is 649. The van der Waals surface area contributed by atoms with E-state index in [1.54, 1.807) is 6.08 Å². The van der Waals surface area contributed by atoms with Gasteiger partial charge in [0.25, 0.3) is 0 Å². The second-order valence-electron chi connectivity index (χ2n) is 3.83. The Labute approximate surface area is 131 Å². The van der Waals surface area contributed by atoms with Gasteiger partial charge >= 0.3 is 5.97 Å². The average molecular weight is 354 g/mol. The maximum absolute atomic E-state index is 14.0. The first-order valence-electron chi connectivity index (χ1n) is 5.70. The first-order valence-corrected chi connectivity index (χ1v) is 8.72. The quantitative estimate of drug-likeness (QED) is 0.553. The highest BCUT2D eigenvalue weighted by Crippen LogP contribution is 2.23. The van der Waals surface area contributed by atoms with E-state index in [1.165, 1.54) is 11.8 Å². The van der Waals surface area contributed by atoms with Crippen molar-refractivity contribution in [1.82, 2.24) is 4.72 Å². The van der Waals surface area contributed by atoms with Crippen LogP contribution < -0.4 is 4.72 Å². The number of halogens is 2. The van der Waals surface area contributed by atoms with Crippen molar-refractivity contribution in [2.24, 2.45) is 0 Å². The maximum atomic E-state index is 14.0. The number of hydrogen-bond acceptors (Lipinski definition) is 4. The molecular formula is C12H13ClFNO4S2. The highest BCUT2D eigenvalue weighted by atomic mass is 35.5. The third-order valence-electron chi connectivity index (χ3n) is 2.30. The highest BCUT2D eigenvalue weighted by molar-refractivity contribution is 7.99. The van der Waals surface area contributed by atoms with Gasteiger partial charge in [-0.05, 0) is 12.1 Å². The zero-order valence-corrected chi connectivity index (χ0v) is 13.2. The summed E-state index contributed by atoms with van der Waals surface area (Å²) in [4.78, 5) is 10.1. The van der Waals surface area contributed by atoms with Crippen molar-refractivity contribution in [1.29, 1.82) is 0 Å². The molecule has 1 aromatic rings. The Morgan fingerprint density at radius 1 is 1.52 bits per heavy atom. The van der Waals surface area contributed by atoms with Gasteiger partial charge in [-0.25, -0.2) is 22.3 Å². The summed E-state index contributed by atoms with van der Waals surface area (Å²) in [6.07, 6.45) is 1.68. The van der Waals surface area contributed by atoms with Gasteiger partial charge in [-0.2, -0.15) is 11.8 Å². The lowest BCUT2D eigenvalue weighted by Crippen LogP contribution is -2.27. The maximum Gasteiger partial charge on any atom is 0.338 e. The first kappa shape index (κ1) is 18.0. The van der Waals surface area contributed by atoms with Crippen LogP contribution in [0, 0.1) is 5.82 Å². The number of thioether (sulfide) groups is 1. The fourth-order valence-electron chi connectivity index (χ4n) is 1.41. The number of sulfonamides is 1. The second kappa shape index (κ2) is 7.79. The molecule has 0 radical (unpaired) electrons. The number of carbonyl (C=O) groups is 1. The molecule has 5 nitrogen and oxygen atoms in total. The van der Waals surface area contributed by atoms with Crippen molar-refractivity contribution in [2.45, 2.75) is 4.90 Å². The lowest BCUT2D eigenvalue weighted by molar-refractivity contribution is 0.0691. The topological polar surface area (TPSA) is 83.5 Å². The van der Waals surface area contributed by atoms with Gasteiger partial charge in [-0.1, -0.05) is 17.7 Å². The van der Waals surface area contributed by atoms with Crippen molar-refractivity contribution in [3.05, 3.63) is 41.2 Å². The van der Waals surface area contributed by atoms with Gasteiger partial charge in [-0.15, -0.1) is 6.58 Å². The summed E-state index contributed by atoms with van der Waals surface area (Å²) in [6.45, 7) is 3.60. The molecule has 0 aliphatic heterocycles. The minimum absolute atomic E-state index is 0.0786. The van der Waals surface area contributed by atoms with Gasteiger partial charge in [0.15, 0.2) is 5.82 Å². The third kappa shape index (κ3) is 4.99. The number of nitrogens with one attached hydrogen (secondary N) is 1. The summed E-state index contributed by atoms with van der Waals surface area (Å²) >= 11 is 7.08. The molecule has 0 saturated heterocycles. The predicted octanol–water partition coefficient (Wildman–Crippen LogP) is 2.37. The van der Waals surface area contributed by atoms with E-state index in [4.69, 9.17) is 16.7 Å². The average Bonchev–Trinajstić information content (AvgIpc) is 2.40. The molecule has 21 heavy (non-hydrogen) atoms. The predicted molar refractivity (Wildman–Crippen MR) is 81.1 cm³/mol. The fourth-order valence-corrected chi connectivity index (χ4v) is 3.55. The Hall–Kier alpha value is -1.09. The number of aromatic carboxylic acids is 1. The standard InChI is InChI=1S/C12H13ClFNO4S2/c1-2-4-20-5-3-15-21(18,19)10-7-8(13)6-9(11(10)14)12(16)17/h2,6-7,15H,1,3-5H2,(H,16,17). The minimum atomic E-state index is -4.17. The van der Waals surface area contributed by atoms with E-state index in [9.17, 15) is 17.6 Å². The van der Waals surface area contributed by atoms with E-state index in [0.717, 1.165) is 12.1 Å². The Morgan fingerprint density at radius 3 is 2.76 bits per heavy atom. The molecule has 0 aromatic heterocycles. The van der Waals surface area contributed by atoms with E-state index >= 15 is 0 Å². The first-order chi connectivity index (χ1) is 9.79. The largest absolute Gasteiger partial charge is 0.478 e. The number of carboxylic acid groups (broad SMARTS) is 1. The SMILES string of the molecule is C=CCSCCNS(=O)(=O)c1cc(Cl)cc(C(=O)O)c1F. The van der Waals surface area contributed by atoms with Crippen molar-refractivity contribution in [2.75, 3.05) is 18.1 Å². The van der Waals surface area contributed by atoms with Crippen LogP contribution in [-0.2, 0) is 10.0 Å². The number of benzene rings is 1. The summed E-state index contributed by atoms with van der Waals surface area (Å²) < 4.78 is 40.1. The van der Waals surface area contributed by atoms with Crippen molar-refractivity contribution in [3.8, 4) is 0 Å². The van der Waals surface area contributed by atoms with Crippen LogP contribution in [0.1, 0.15) is 10.4 Å². The van der Waals surface area contributed by atoms with E-state index in [2.05, 4.69) is 11.3 Å². The lowest BCUT2D eigenvalue weighted by atomic mass is 10.2. The summed E-state index contributed by atoms with van der Waals surface area (Å²) in [6, 6.07) is 1.74. The third-order valence-corrected chi connectivity index (χ3v) is 4.94. The molecule has 0 spiro atoms. The molecule has 0 unspecified atom stereocenters. The Kier molecular flexibility index (Phi) is 6.66. The van der Waals surface area contributed by atoms with Crippen LogP contribution >= 0.6 is 23.4 Å². The van der Waals surface area contributed by atoms with Gasteiger partial charge in [0, 0.05) is 23.1 Å². The van der Waals surface area contributed by atoms with Crippen LogP contribution in [0.3, 0.4) is 0 Å². The van der Waals surface area contributed by atoms with E-state index in [1.807, 2.05) is 0 Å². The molecule has 0 aliphatic carbocycles. The summed E-state index contributed by atoms with van der Waals surface area (Å²) in [5.74, 6) is -1.79. The van der Waals surface area contributed by atoms with Crippen LogP contribution in [0.4, 0.5) is 4.39 Å². The van der Waals surface area contributed by atoms with Crippen molar-refractivity contribution in [3.63, 3.8) is 0 Å². The Balaban J connectivity index is 2.98. The number of carboxylic acids is 1. The number of hydrogen-bond donors (Lipinski definition) is 2. The minimum Gasteiger partial charge on any atom is -0.478 e. The monoisotopic (exact) mass is 353 g/mol. The van der Waals surface area contributed by atoms with Gasteiger partial charge < -0.3 is 5.11 Å². The van der Waals surface area contributed by atoms with Gasteiger partial charge in [0.05, 0.1) is 5.56 Å². The summed E-state index contributed by atoms with van der Waals surface area (Å²) in [7, 11) is -4.17. The molecular weight excluding hydrogens is 341 g/mol. The highest BCUT2D eigenvalue weighted by Gasteiger charge is 2.24. The molecule has 0 aliphatic rings.